The minimum atomic E-state index is 0.0346. The van der Waals surface area contributed by atoms with Crippen LogP contribution in [0.2, 0.25) is 5.02 Å². The zero-order valence-electron chi connectivity index (χ0n) is 10.7. The number of hydrogen-bond donors (Lipinski definition) is 1. The third kappa shape index (κ3) is 3.43. The number of halogens is 1. The van der Waals surface area contributed by atoms with Gasteiger partial charge in [-0.2, -0.15) is 0 Å². The number of rotatable bonds is 5. The Morgan fingerprint density at radius 2 is 1.84 bits per heavy atom. The summed E-state index contributed by atoms with van der Waals surface area (Å²) in [5.74, 6) is 0.590. The van der Waals surface area contributed by atoms with Gasteiger partial charge in [0.05, 0.1) is 23.5 Å². The first kappa shape index (κ1) is 13.8. The van der Waals surface area contributed by atoms with E-state index in [9.17, 15) is 5.11 Å². The third-order valence-electron chi connectivity index (χ3n) is 2.98. The van der Waals surface area contributed by atoms with Gasteiger partial charge in [0.15, 0.2) is 0 Å². The minimum absolute atomic E-state index is 0.0346. The highest BCUT2D eigenvalue weighted by Crippen LogP contribution is 2.25. The van der Waals surface area contributed by atoms with Crippen molar-refractivity contribution in [2.24, 2.45) is 0 Å². The summed E-state index contributed by atoms with van der Waals surface area (Å²) in [4.78, 5) is 10.4. The Bertz CT molecular complexity index is 504. The van der Waals surface area contributed by atoms with E-state index in [-0.39, 0.29) is 12.6 Å². The molecule has 1 atom stereocenters. The molecule has 0 fully saturated rings. The summed E-state index contributed by atoms with van der Waals surface area (Å²) in [5.41, 5.74) is 1.12. The van der Waals surface area contributed by atoms with Gasteiger partial charge in [0, 0.05) is 13.7 Å². The lowest BCUT2D eigenvalue weighted by Crippen LogP contribution is -2.26. The molecular weight excluding hydrogens is 262 g/mol. The van der Waals surface area contributed by atoms with Crippen molar-refractivity contribution in [1.82, 2.24) is 9.97 Å². The van der Waals surface area contributed by atoms with Gasteiger partial charge in [0.1, 0.15) is 0 Å². The van der Waals surface area contributed by atoms with E-state index >= 15 is 0 Å². The van der Waals surface area contributed by atoms with Crippen LogP contribution >= 0.6 is 11.6 Å². The lowest BCUT2D eigenvalue weighted by atomic mass is 10.0. The van der Waals surface area contributed by atoms with E-state index in [0.29, 0.717) is 17.4 Å². The van der Waals surface area contributed by atoms with Gasteiger partial charge in [-0.1, -0.05) is 41.9 Å². The van der Waals surface area contributed by atoms with Crippen LogP contribution in [-0.4, -0.2) is 28.7 Å². The van der Waals surface area contributed by atoms with Crippen molar-refractivity contribution in [1.29, 1.82) is 0 Å². The first-order valence-corrected chi connectivity index (χ1v) is 6.46. The van der Waals surface area contributed by atoms with E-state index in [1.807, 2.05) is 42.3 Å². The second-order valence-corrected chi connectivity index (χ2v) is 4.69. The molecule has 100 valence electrons. The Labute approximate surface area is 117 Å². The van der Waals surface area contributed by atoms with Crippen molar-refractivity contribution in [3.63, 3.8) is 0 Å². The zero-order chi connectivity index (χ0) is 13.7. The molecule has 1 aromatic heterocycles. The van der Waals surface area contributed by atoms with Gasteiger partial charge in [0.25, 0.3) is 0 Å². The van der Waals surface area contributed by atoms with E-state index in [0.717, 1.165) is 5.56 Å². The Morgan fingerprint density at radius 1 is 1.21 bits per heavy atom. The number of nitrogens with zero attached hydrogens (tertiary/aromatic N) is 3. The first-order chi connectivity index (χ1) is 9.22. The molecule has 5 heteroatoms. The molecule has 1 heterocycles. The highest BCUT2D eigenvalue weighted by Gasteiger charge is 2.18. The van der Waals surface area contributed by atoms with E-state index < -0.39 is 0 Å². The van der Waals surface area contributed by atoms with Crippen LogP contribution in [0.5, 0.6) is 0 Å². The highest BCUT2D eigenvalue weighted by molar-refractivity contribution is 6.30. The van der Waals surface area contributed by atoms with Crippen LogP contribution in [0.4, 0.5) is 5.95 Å². The van der Waals surface area contributed by atoms with Gasteiger partial charge >= 0.3 is 0 Å². The maximum Gasteiger partial charge on any atom is 0.225 e. The molecule has 4 nitrogen and oxygen atoms in total. The normalized spacial score (nSPS) is 12.2. The molecule has 2 rings (SSSR count). The monoisotopic (exact) mass is 277 g/mol. The summed E-state index contributed by atoms with van der Waals surface area (Å²) in [6.07, 6.45) is 3.76. The van der Waals surface area contributed by atoms with Crippen molar-refractivity contribution >= 4 is 17.5 Å². The van der Waals surface area contributed by atoms with Crippen molar-refractivity contribution in [2.75, 3.05) is 18.6 Å². The van der Waals surface area contributed by atoms with E-state index in [4.69, 9.17) is 11.6 Å². The molecule has 0 aliphatic carbocycles. The van der Waals surface area contributed by atoms with Crippen LogP contribution in [0.15, 0.2) is 42.7 Å². The largest absolute Gasteiger partial charge is 0.396 e. The molecule has 0 saturated heterocycles. The molecule has 0 amide bonds. The zero-order valence-corrected chi connectivity index (χ0v) is 11.5. The number of anilines is 1. The fourth-order valence-corrected chi connectivity index (χ4v) is 2.11. The predicted octanol–water partition coefficient (Wildman–Crippen LogP) is 2.69. The molecule has 0 spiro atoms. The molecule has 0 radical (unpaired) electrons. The van der Waals surface area contributed by atoms with Crippen molar-refractivity contribution in [3.8, 4) is 0 Å². The predicted molar refractivity (Wildman–Crippen MR) is 76.3 cm³/mol. The topological polar surface area (TPSA) is 49.2 Å². The van der Waals surface area contributed by atoms with Crippen molar-refractivity contribution < 1.29 is 5.11 Å². The maximum absolute atomic E-state index is 9.25. The molecular formula is C14H16ClN3O. The minimum Gasteiger partial charge on any atom is -0.396 e. The summed E-state index contributed by atoms with van der Waals surface area (Å²) < 4.78 is 0. The molecule has 0 saturated carbocycles. The molecule has 1 aromatic carbocycles. The van der Waals surface area contributed by atoms with Crippen LogP contribution in [0, 0.1) is 0 Å². The van der Waals surface area contributed by atoms with Crippen LogP contribution < -0.4 is 4.90 Å². The SMILES string of the molecule is CN(c1ncc(Cl)cn1)[C@H](CCO)c1ccccc1. The number of aliphatic hydroxyl groups is 1. The lowest BCUT2D eigenvalue weighted by molar-refractivity contribution is 0.274. The van der Waals surface area contributed by atoms with Crippen LogP contribution in [0.3, 0.4) is 0 Å². The van der Waals surface area contributed by atoms with Crippen LogP contribution in [0.1, 0.15) is 18.0 Å². The fraction of sp³-hybridized carbons (Fsp3) is 0.286. The first-order valence-electron chi connectivity index (χ1n) is 6.08. The van der Waals surface area contributed by atoms with Gasteiger partial charge in [0.2, 0.25) is 5.95 Å². The molecule has 19 heavy (non-hydrogen) atoms. The Morgan fingerprint density at radius 3 is 2.42 bits per heavy atom. The fourth-order valence-electron chi connectivity index (χ4n) is 2.01. The third-order valence-corrected chi connectivity index (χ3v) is 3.17. The number of aromatic nitrogens is 2. The summed E-state index contributed by atoms with van der Waals surface area (Å²) in [5, 5.41) is 9.76. The number of benzene rings is 1. The average molecular weight is 278 g/mol. The van der Waals surface area contributed by atoms with Crippen LogP contribution in [0.25, 0.3) is 0 Å². The maximum atomic E-state index is 9.25. The number of aliphatic hydroxyl groups excluding tert-OH is 1. The second-order valence-electron chi connectivity index (χ2n) is 4.25. The summed E-state index contributed by atoms with van der Waals surface area (Å²) in [6, 6.07) is 10.0. The Kier molecular flexibility index (Phi) is 4.71. The summed E-state index contributed by atoms with van der Waals surface area (Å²) in [7, 11) is 1.91. The Balaban J connectivity index is 2.26. The van der Waals surface area contributed by atoms with E-state index in [1.54, 1.807) is 12.4 Å². The van der Waals surface area contributed by atoms with Crippen molar-refractivity contribution in [3.05, 3.63) is 53.3 Å². The molecule has 1 N–H and O–H groups in total. The molecule has 2 aromatic rings. The number of hydrogen-bond acceptors (Lipinski definition) is 4. The van der Waals surface area contributed by atoms with E-state index in [2.05, 4.69) is 9.97 Å². The van der Waals surface area contributed by atoms with Gasteiger partial charge < -0.3 is 10.0 Å². The standard InChI is InChI=1S/C14H16ClN3O/c1-18(14-16-9-12(15)10-17-14)13(7-8-19)11-5-3-2-4-6-11/h2-6,9-10,13,19H,7-8H2,1H3/t13-/m1/s1. The smallest absolute Gasteiger partial charge is 0.225 e. The van der Waals surface area contributed by atoms with Gasteiger partial charge in [-0.25, -0.2) is 9.97 Å². The highest BCUT2D eigenvalue weighted by atomic mass is 35.5. The lowest BCUT2D eigenvalue weighted by Gasteiger charge is -2.28. The average Bonchev–Trinajstić information content (AvgIpc) is 2.46. The van der Waals surface area contributed by atoms with Crippen molar-refractivity contribution in [2.45, 2.75) is 12.5 Å². The molecule has 0 aliphatic rings. The molecule has 0 unspecified atom stereocenters. The van der Waals surface area contributed by atoms with Gasteiger partial charge in [-0.05, 0) is 12.0 Å². The molecule has 0 aliphatic heterocycles. The Hall–Kier alpha value is -1.65. The summed E-state index contributed by atoms with van der Waals surface area (Å²) in [6.45, 7) is 0.109. The van der Waals surface area contributed by atoms with E-state index in [1.165, 1.54) is 0 Å². The molecule has 0 bridgehead atoms. The van der Waals surface area contributed by atoms with Crippen LogP contribution in [-0.2, 0) is 0 Å². The van der Waals surface area contributed by atoms with Gasteiger partial charge in [-0.15, -0.1) is 0 Å². The second kappa shape index (κ2) is 6.50. The quantitative estimate of drug-likeness (QED) is 0.913. The van der Waals surface area contributed by atoms with Gasteiger partial charge in [-0.3, -0.25) is 0 Å². The summed E-state index contributed by atoms with van der Waals surface area (Å²) >= 11 is 5.79.